The van der Waals surface area contributed by atoms with Crippen LogP contribution in [-0.2, 0) is 19.5 Å². The molecule has 1 aliphatic heterocycles. The second-order valence-electron chi connectivity index (χ2n) is 5.08. The number of hydrogen-bond donors (Lipinski definition) is 1. The van der Waals surface area contributed by atoms with E-state index in [4.69, 9.17) is 10.7 Å². The molecule has 0 amide bonds. The van der Waals surface area contributed by atoms with Gasteiger partial charge in [0.25, 0.3) is 0 Å². The number of fused-ring (bicyclic) bond motifs is 1. The molecule has 0 aliphatic carbocycles. The quantitative estimate of drug-likeness (QED) is 0.878. The molecule has 0 fully saturated rings. The number of aromatic nitrogens is 2. The van der Waals surface area contributed by atoms with Gasteiger partial charge in [-0.15, -0.1) is 0 Å². The van der Waals surface area contributed by atoms with Gasteiger partial charge in [0.05, 0.1) is 12.2 Å². The molecule has 2 N–H and O–H groups in total. The van der Waals surface area contributed by atoms with Gasteiger partial charge in [-0.1, -0.05) is 12.1 Å². The summed E-state index contributed by atoms with van der Waals surface area (Å²) in [5.74, 6) is 1.02. The second kappa shape index (κ2) is 4.25. The molecule has 0 saturated carbocycles. The molecule has 0 bridgehead atoms. The van der Waals surface area contributed by atoms with Crippen LogP contribution in [-0.4, -0.2) is 9.55 Å². The topological polar surface area (TPSA) is 43.8 Å². The van der Waals surface area contributed by atoms with Crippen molar-refractivity contribution in [3.8, 4) is 11.3 Å². The van der Waals surface area contributed by atoms with Crippen LogP contribution >= 0.6 is 0 Å². The van der Waals surface area contributed by atoms with Crippen molar-refractivity contribution in [1.82, 2.24) is 9.55 Å². The summed E-state index contributed by atoms with van der Waals surface area (Å²) in [7, 11) is 0. The Morgan fingerprint density at radius 1 is 1.28 bits per heavy atom. The highest BCUT2D eigenvalue weighted by Gasteiger charge is 2.21. The van der Waals surface area contributed by atoms with Crippen LogP contribution in [0, 0.1) is 13.8 Å². The normalized spacial score (nSPS) is 13.9. The van der Waals surface area contributed by atoms with Crippen molar-refractivity contribution in [3.05, 3.63) is 40.8 Å². The summed E-state index contributed by atoms with van der Waals surface area (Å²) >= 11 is 0. The summed E-state index contributed by atoms with van der Waals surface area (Å²) in [6, 6.07) is 6.58. The minimum absolute atomic E-state index is 0.526. The SMILES string of the molecule is Cc1ccc(-c2nc(CN)n3c2CCC3)cc1C. The van der Waals surface area contributed by atoms with Crippen LogP contribution in [0.15, 0.2) is 18.2 Å². The summed E-state index contributed by atoms with van der Waals surface area (Å²) in [6.07, 6.45) is 2.33. The Bertz CT molecular complexity index is 596. The van der Waals surface area contributed by atoms with Gasteiger partial charge in [0.2, 0.25) is 0 Å². The summed E-state index contributed by atoms with van der Waals surface area (Å²) in [6.45, 7) is 5.89. The standard InChI is InChI=1S/C15H19N3/c1-10-5-6-12(8-11(10)2)15-13-4-3-7-18(13)14(9-16)17-15/h5-6,8H,3-4,7,9,16H2,1-2H3. The lowest BCUT2D eigenvalue weighted by atomic mass is 10.0. The third-order valence-corrected chi connectivity index (χ3v) is 3.91. The maximum Gasteiger partial charge on any atom is 0.123 e. The number of hydrogen-bond acceptors (Lipinski definition) is 2. The molecule has 18 heavy (non-hydrogen) atoms. The van der Waals surface area contributed by atoms with Crippen molar-refractivity contribution in [2.24, 2.45) is 5.73 Å². The first-order chi connectivity index (χ1) is 8.70. The van der Waals surface area contributed by atoms with Gasteiger partial charge in [0.15, 0.2) is 0 Å². The maximum absolute atomic E-state index is 5.78. The van der Waals surface area contributed by atoms with E-state index in [1.807, 2.05) is 0 Å². The van der Waals surface area contributed by atoms with E-state index in [0.29, 0.717) is 6.54 Å². The molecule has 1 aromatic heterocycles. The van der Waals surface area contributed by atoms with Gasteiger partial charge in [-0.25, -0.2) is 4.98 Å². The second-order valence-corrected chi connectivity index (χ2v) is 5.08. The van der Waals surface area contributed by atoms with E-state index in [9.17, 15) is 0 Å². The van der Waals surface area contributed by atoms with Crippen molar-refractivity contribution in [3.63, 3.8) is 0 Å². The molecular formula is C15H19N3. The van der Waals surface area contributed by atoms with Crippen LogP contribution in [0.5, 0.6) is 0 Å². The lowest BCUT2D eigenvalue weighted by molar-refractivity contribution is 0.689. The van der Waals surface area contributed by atoms with Crippen molar-refractivity contribution in [1.29, 1.82) is 0 Å². The third-order valence-electron chi connectivity index (χ3n) is 3.91. The number of nitrogens with zero attached hydrogens (tertiary/aromatic N) is 2. The molecule has 3 nitrogen and oxygen atoms in total. The van der Waals surface area contributed by atoms with E-state index in [0.717, 1.165) is 24.5 Å². The Morgan fingerprint density at radius 2 is 2.11 bits per heavy atom. The van der Waals surface area contributed by atoms with Crippen LogP contribution in [0.3, 0.4) is 0 Å². The first-order valence-corrected chi connectivity index (χ1v) is 6.56. The molecule has 2 heterocycles. The fourth-order valence-corrected chi connectivity index (χ4v) is 2.74. The first kappa shape index (κ1) is 11.5. The molecule has 0 atom stereocenters. The highest BCUT2D eigenvalue weighted by Crippen LogP contribution is 2.30. The molecule has 94 valence electrons. The Kier molecular flexibility index (Phi) is 2.71. The van der Waals surface area contributed by atoms with Crippen LogP contribution in [0.1, 0.15) is 29.1 Å². The Labute approximate surface area is 108 Å². The number of imidazole rings is 1. The zero-order chi connectivity index (χ0) is 12.7. The molecule has 0 radical (unpaired) electrons. The van der Waals surface area contributed by atoms with Gasteiger partial charge in [0.1, 0.15) is 5.82 Å². The molecule has 0 unspecified atom stereocenters. The average Bonchev–Trinajstić information content (AvgIpc) is 2.94. The number of rotatable bonds is 2. The van der Waals surface area contributed by atoms with Crippen molar-refractivity contribution in [2.75, 3.05) is 0 Å². The van der Waals surface area contributed by atoms with Crippen LogP contribution in [0.25, 0.3) is 11.3 Å². The molecule has 1 aliphatic rings. The molecule has 3 heteroatoms. The van der Waals surface area contributed by atoms with E-state index in [-0.39, 0.29) is 0 Å². The monoisotopic (exact) mass is 241 g/mol. The number of benzene rings is 1. The predicted octanol–water partition coefficient (Wildman–Crippen LogP) is 2.57. The van der Waals surface area contributed by atoms with Crippen LogP contribution in [0.2, 0.25) is 0 Å². The highest BCUT2D eigenvalue weighted by molar-refractivity contribution is 5.64. The zero-order valence-electron chi connectivity index (χ0n) is 11.0. The summed E-state index contributed by atoms with van der Waals surface area (Å²) in [4.78, 5) is 4.73. The van der Waals surface area contributed by atoms with Gasteiger partial charge in [-0.2, -0.15) is 0 Å². The molecular weight excluding hydrogens is 222 g/mol. The van der Waals surface area contributed by atoms with Gasteiger partial charge in [-0.3, -0.25) is 0 Å². The fourth-order valence-electron chi connectivity index (χ4n) is 2.74. The van der Waals surface area contributed by atoms with E-state index in [1.165, 1.54) is 28.8 Å². The summed E-state index contributed by atoms with van der Waals surface area (Å²) < 4.78 is 2.30. The predicted molar refractivity (Wildman–Crippen MR) is 73.3 cm³/mol. The van der Waals surface area contributed by atoms with E-state index >= 15 is 0 Å². The van der Waals surface area contributed by atoms with Crippen molar-refractivity contribution < 1.29 is 0 Å². The molecule has 2 aromatic rings. The third kappa shape index (κ3) is 1.66. The van der Waals surface area contributed by atoms with Crippen molar-refractivity contribution >= 4 is 0 Å². The van der Waals surface area contributed by atoms with E-state index in [2.05, 4.69) is 36.6 Å². The summed E-state index contributed by atoms with van der Waals surface area (Å²) in [5.41, 5.74) is 12.2. The smallest absolute Gasteiger partial charge is 0.123 e. The minimum atomic E-state index is 0.526. The molecule has 1 aromatic carbocycles. The minimum Gasteiger partial charge on any atom is -0.330 e. The van der Waals surface area contributed by atoms with Crippen LogP contribution < -0.4 is 5.73 Å². The Hall–Kier alpha value is -1.61. The van der Waals surface area contributed by atoms with Gasteiger partial charge in [-0.05, 0) is 43.9 Å². The first-order valence-electron chi connectivity index (χ1n) is 6.56. The Morgan fingerprint density at radius 3 is 2.83 bits per heavy atom. The van der Waals surface area contributed by atoms with Crippen LogP contribution in [0.4, 0.5) is 0 Å². The molecule has 3 rings (SSSR count). The fraction of sp³-hybridized carbons (Fsp3) is 0.400. The van der Waals surface area contributed by atoms with Gasteiger partial charge < -0.3 is 10.3 Å². The lowest BCUT2D eigenvalue weighted by Gasteiger charge is -2.04. The molecule has 0 spiro atoms. The lowest BCUT2D eigenvalue weighted by Crippen LogP contribution is -2.06. The number of aryl methyl sites for hydroxylation is 2. The average molecular weight is 241 g/mol. The largest absolute Gasteiger partial charge is 0.330 e. The van der Waals surface area contributed by atoms with Gasteiger partial charge in [0, 0.05) is 17.8 Å². The Balaban J connectivity index is 2.14. The van der Waals surface area contributed by atoms with E-state index in [1.54, 1.807) is 0 Å². The maximum atomic E-state index is 5.78. The highest BCUT2D eigenvalue weighted by atomic mass is 15.1. The van der Waals surface area contributed by atoms with E-state index < -0.39 is 0 Å². The van der Waals surface area contributed by atoms with Crippen molar-refractivity contribution in [2.45, 2.75) is 39.8 Å². The number of nitrogens with two attached hydrogens (primary N) is 1. The van der Waals surface area contributed by atoms with Gasteiger partial charge >= 0.3 is 0 Å². The summed E-state index contributed by atoms with van der Waals surface area (Å²) in [5, 5.41) is 0. The molecule has 0 saturated heterocycles. The zero-order valence-corrected chi connectivity index (χ0v) is 11.0.